The van der Waals surface area contributed by atoms with Crippen LogP contribution in [0.5, 0.6) is 0 Å². The van der Waals surface area contributed by atoms with E-state index in [1.54, 1.807) is 0 Å². The summed E-state index contributed by atoms with van der Waals surface area (Å²) < 4.78 is 6.03. The Labute approximate surface area is 147 Å². The van der Waals surface area contributed by atoms with Gasteiger partial charge in [-0.05, 0) is 57.4 Å². The molecule has 128 valence electrons. The zero-order valence-corrected chi connectivity index (χ0v) is 15.8. The largest absolute Gasteiger partial charge is 0.468 e. The number of likely N-dealkylation sites (tertiary alicyclic amines) is 1. The first-order valence-electron chi connectivity index (χ1n) is 8.28. The van der Waals surface area contributed by atoms with Crippen LogP contribution < -0.4 is 5.32 Å². The molecule has 0 bridgehead atoms. The molecule has 0 saturated carbocycles. The lowest BCUT2D eigenvalue weighted by Gasteiger charge is -2.36. The summed E-state index contributed by atoms with van der Waals surface area (Å²) in [4.78, 5) is 13.9. The van der Waals surface area contributed by atoms with Gasteiger partial charge in [0.2, 0.25) is 0 Å². The third-order valence-corrected chi connectivity index (χ3v) is 5.17. The monoisotopic (exact) mass is 382 g/mol. The molecule has 0 aliphatic carbocycles. The number of nitrogens with one attached hydrogen (secondary N) is 1. The van der Waals surface area contributed by atoms with Crippen LogP contribution in [0.4, 0.5) is 0 Å². The highest BCUT2D eigenvalue weighted by atomic mass is 79.9. The number of carbonyl (C=O) groups is 1. The predicted octanol–water partition coefficient (Wildman–Crippen LogP) is 3.00. The summed E-state index contributed by atoms with van der Waals surface area (Å²) in [5.74, 6) is -0.124. The molecule has 0 aromatic heterocycles. The van der Waals surface area contributed by atoms with E-state index >= 15 is 0 Å². The standard InChI is InChI=1S/C18H27BrN2O2/c1-13(4-5-14-6-8-15(19)9-7-14)20-16-10-11-21(2)17(12-16)18(22)23-3/h6-9,13,16-17,20H,4-5,10-12H2,1-3H3/t13-,16-,17+/m1/s1. The van der Waals surface area contributed by atoms with Crippen molar-refractivity contribution in [3.8, 4) is 0 Å². The Morgan fingerprint density at radius 2 is 2.13 bits per heavy atom. The van der Waals surface area contributed by atoms with E-state index in [1.807, 2.05) is 7.05 Å². The lowest BCUT2D eigenvalue weighted by atomic mass is 9.96. The first-order chi connectivity index (χ1) is 11.0. The van der Waals surface area contributed by atoms with Crippen molar-refractivity contribution in [1.82, 2.24) is 10.2 Å². The Bertz CT molecular complexity index is 506. The van der Waals surface area contributed by atoms with E-state index in [9.17, 15) is 4.79 Å². The Morgan fingerprint density at radius 3 is 2.78 bits per heavy atom. The summed E-state index contributed by atoms with van der Waals surface area (Å²) in [6, 6.07) is 9.21. The number of esters is 1. The summed E-state index contributed by atoms with van der Waals surface area (Å²) in [5.41, 5.74) is 1.36. The number of piperidine rings is 1. The molecule has 23 heavy (non-hydrogen) atoms. The van der Waals surface area contributed by atoms with E-state index in [0.717, 1.165) is 36.7 Å². The molecule has 3 atom stereocenters. The molecular weight excluding hydrogens is 356 g/mol. The number of likely N-dealkylation sites (N-methyl/N-ethyl adjacent to an activating group) is 1. The maximum atomic E-state index is 11.9. The highest BCUT2D eigenvalue weighted by molar-refractivity contribution is 9.10. The molecule has 0 unspecified atom stereocenters. The van der Waals surface area contributed by atoms with Crippen LogP contribution in [0.25, 0.3) is 0 Å². The molecule has 0 spiro atoms. The Hall–Kier alpha value is -0.910. The highest BCUT2D eigenvalue weighted by Gasteiger charge is 2.32. The van der Waals surface area contributed by atoms with Crippen LogP contribution in [0.1, 0.15) is 31.7 Å². The van der Waals surface area contributed by atoms with Crippen LogP contribution in [-0.4, -0.2) is 49.7 Å². The average molecular weight is 383 g/mol. The molecule has 0 radical (unpaired) electrons. The number of rotatable bonds is 6. The summed E-state index contributed by atoms with van der Waals surface area (Å²) in [5, 5.41) is 3.69. The number of halogens is 1. The second-order valence-corrected chi connectivity index (χ2v) is 7.39. The van der Waals surface area contributed by atoms with Crippen molar-refractivity contribution in [2.45, 2.75) is 50.7 Å². The number of aryl methyl sites for hydroxylation is 1. The van der Waals surface area contributed by atoms with Gasteiger partial charge in [-0.15, -0.1) is 0 Å². The SMILES string of the molecule is COC(=O)[C@@H]1C[C@H](N[C@H](C)CCc2ccc(Br)cc2)CCN1C. The smallest absolute Gasteiger partial charge is 0.323 e. The topological polar surface area (TPSA) is 41.6 Å². The minimum atomic E-state index is -0.124. The first kappa shape index (κ1) is 18.4. The summed E-state index contributed by atoms with van der Waals surface area (Å²) >= 11 is 3.47. The summed E-state index contributed by atoms with van der Waals surface area (Å²) in [6.07, 6.45) is 4.06. The number of ether oxygens (including phenoxy) is 1. The molecule has 1 aromatic carbocycles. The molecule has 2 rings (SSSR count). The van der Waals surface area contributed by atoms with Gasteiger partial charge in [0, 0.05) is 23.1 Å². The number of carbonyl (C=O) groups excluding carboxylic acids is 1. The molecule has 1 fully saturated rings. The van der Waals surface area contributed by atoms with E-state index in [1.165, 1.54) is 12.7 Å². The molecule has 1 heterocycles. The Kier molecular flexibility index (Phi) is 7.06. The minimum Gasteiger partial charge on any atom is -0.468 e. The van der Waals surface area contributed by atoms with Gasteiger partial charge in [-0.25, -0.2) is 0 Å². The van der Waals surface area contributed by atoms with Crippen molar-refractivity contribution in [2.24, 2.45) is 0 Å². The van der Waals surface area contributed by atoms with Gasteiger partial charge in [0.15, 0.2) is 0 Å². The third kappa shape index (κ3) is 5.59. The quantitative estimate of drug-likeness (QED) is 0.767. The van der Waals surface area contributed by atoms with Gasteiger partial charge in [-0.3, -0.25) is 9.69 Å². The van der Waals surface area contributed by atoms with Crippen molar-refractivity contribution < 1.29 is 9.53 Å². The van der Waals surface area contributed by atoms with Gasteiger partial charge in [0.05, 0.1) is 7.11 Å². The lowest BCUT2D eigenvalue weighted by molar-refractivity contribution is -0.148. The fraction of sp³-hybridized carbons (Fsp3) is 0.611. The maximum absolute atomic E-state index is 11.9. The van der Waals surface area contributed by atoms with Gasteiger partial charge in [-0.1, -0.05) is 28.1 Å². The maximum Gasteiger partial charge on any atom is 0.323 e. The number of methoxy groups -OCH3 is 1. The van der Waals surface area contributed by atoms with Gasteiger partial charge >= 0.3 is 5.97 Å². The van der Waals surface area contributed by atoms with E-state index < -0.39 is 0 Å². The van der Waals surface area contributed by atoms with Crippen LogP contribution in [0, 0.1) is 0 Å². The Morgan fingerprint density at radius 1 is 1.43 bits per heavy atom. The molecule has 1 aliphatic rings. The van der Waals surface area contributed by atoms with Crippen molar-refractivity contribution in [3.05, 3.63) is 34.3 Å². The van der Waals surface area contributed by atoms with Crippen LogP contribution in [-0.2, 0) is 16.0 Å². The van der Waals surface area contributed by atoms with Crippen molar-refractivity contribution in [1.29, 1.82) is 0 Å². The summed E-state index contributed by atoms with van der Waals surface area (Å²) in [6.45, 7) is 3.15. The fourth-order valence-electron chi connectivity index (χ4n) is 3.17. The van der Waals surface area contributed by atoms with Gasteiger partial charge < -0.3 is 10.1 Å². The van der Waals surface area contributed by atoms with E-state index in [-0.39, 0.29) is 12.0 Å². The zero-order valence-electron chi connectivity index (χ0n) is 14.2. The number of hydrogen-bond acceptors (Lipinski definition) is 4. The van der Waals surface area contributed by atoms with Crippen LogP contribution in [0.2, 0.25) is 0 Å². The molecular formula is C18H27BrN2O2. The molecule has 1 aliphatic heterocycles. The Balaban J connectivity index is 1.79. The fourth-order valence-corrected chi connectivity index (χ4v) is 3.43. The second kappa shape index (κ2) is 8.81. The van der Waals surface area contributed by atoms with Crippen LogP contribution in [0.15, 0.2) is 28.7 Å². The normalized spacial score (nSPS) is 23.5. The van der Waals surface area contributed by atoms with Gasteiger partial charge in [-0.2, -0.15) is 0 Å². The minimum absolute atomic E-state index is 0.120. The van der Waals surface area contributed by atoms with Crippen molar-refractivity contribution >= 4 is 21.9 Å². The third-order valence-electron chi connectivity index (χ3n) is 4.64. The molecule has 5 heteroatoms. The van der Waals surface area contributed by atoms with Gasteiger partial charge in [0.1, 0.15) is 6.04 Å². The van der Waals surface area contributed by atoms with E-state index in [4.69, 9.17) is 4.74 Å². The van der Waals surface area contributed by atoms with E-state index in [0.29, 0.717) is 12.1 Å². The first-order valence-corrected chi connectivity index (χ1v) is 9.07. The number of hydrogen-bond donors (Lipinski definition) is 1. The molecule has 0 amide bonds. The second-order valence-electron chi connectivity index (χ2n) is 6.47. The van der Waals surface area contributed by atoms with E-state index in [2.05, 4.69) is 57.3 Å². The molecule has 1 saturated heterocycles. The molecule has 1 N–H and O–H groups in total. The predicted molar refractivity (Wildman–Crippen MR) is 96.5 cm³/mol. The van der Waals surface area contributed by atoms with Crippen LogP contribution >= 0.6 is 15.9 Å². The molecule has 1 aromatic rings. The number of benzene rings is 1. The highest BCUT2D eigenvalue weighted by Crippen LogP contribution is 2.18. The zero-order chi connectivity index (χ0) is 16.8. The average Bonchev–Trinajstić information content (AvgIpc) is 2.55. The van der Waals surface area contributed by atoms with Crippen molar-refractivity contribution in [2.75, 3.05) is 20.7 Å². The van der Waals surface area contributed by atoms with Crippen LogP contribution in [0.3, 0.4) is 0 Å². The molecule has 4 nitrogen and oxygen atoms in total. The van der Waals surface area contributed by atoms with Crippen molar-refractivity contribution in [3.63, 3.8) is 0 Å². The summed E-state index contributed by atoms with van der Waals surface area (Å²) in [7, 11) is 3.46. The lowest BCUT2D eigenvalue weighted by Crippen LogP contribution is -2.52. The number of nitrogens with zero attached hydrogens (tertiary/aromatic N) is 1. The van der Waals surface area contributed by atoms with Gasteiger partial charge in [0.25, 0.3) is 0 Å².